The van der Waals surface area contributed by atoms with Crippen molar-refractivity contribution in [2.45, 2.75) is 12.3 Å². The highest BCUT2D eigenvalue weighted by Crippen LogP contribution is 2.31. The summed E-state index contributed by atoms with van der Waals surface area (Å²) in [7, 11) is 1.66. The van der Waals surface area contributed by atoms with Gasteiger partial charge in [0.25, 0.3) is 0 Å². The van der Waals surface area contributed by atoms with Gasteiger partial charge in [0.1, 0.15) is 5.75 Å². The highest BCUT2D eigenvalue weighted by Gasteiger charge is 2.16. The lowest BCUT2D eigenvalue weighted by molar-refractivity contribution is 0.405. The number of pyridine rings is 1. The molecule has 0 aliphatic heterocycles. The Balaban J connectivity index is 2.29. The molecule has 0 aliphatic carbocycles. The van der Waals surface area contributed by atoms with Crippen molar-refractivity contribution in [3.05, 3.63) is 58.9 Å². The number of benzene rings is 1. The maximum atomic E-state index is 6.07. The van der Waals surface area contributed by atoms with Gasteiger partial charge in [-0.25, -0.2) is 0 Å². The standard InChI is InChI=1S/C15H17ClN2O/c1-19-15-3-2-13(16)9-14(15)12(10-17)8-11-4-6-18-7-5-11/h2-7,9,12H,8,10,17H2,1H3. The lowest BCUT2D eigenvalue weighted by atomic mass is 9.92. The molecule has 1 unspecified atom stereocenters. The van der Waals surface area contributed by atoms with Crippen LogP contribution in [0, 0.1) is 0 Å². The quantitative estimate of drug-likeness (QED) is 0.913. The first-order valence-electron chi connectivity index (χ1n) is 6.17. The average molecular weight is 277 g/mol. The van der Waals surface area contributed by atoms with Crippen molar-refractivity contribution in [2.75, 3.05) is 13.7 Å². The molecule has 4 heteroatoms. The van der Waals surface area contributed by atoms with Gasteiger partial charge in [-0.1, -0.05) is 11.6 Å². The summed E-state index contributed by atoms with van der Waals surface area (Å²) in [6.45, 7) is 0.541. The zero-order valence-electron chi connectivity index (χ0n) is 10.8. The zero-order chi connectivity index (χ0) is 13.7. The molecule has 3 nitrogen and oxygen atoms in total. The van der Waals surface area contributed by atoms with E-state index in [0.29, 0.717) is 11.6 Å². The van der Waals surface area contributed by atoms with Crippen LogP contribution in [0.25, 0.3) is 0 Å². The molecule has 2 aromatic rings. The molecule has 19 heavy (non-hydrogen) atoms. The second kappa shape index (κ2) is 6.55. The van der Waals surface area contributed by atoms with Crippen LogP contribution < -0.4 is 10.5 Å². The van der Waals surface area contributed by atoms with Crippen molar-refractivity contribution in [3.63, 3.8) is 0 Å². The van der Waals surface area contributed by atoms with E-state index in [1.807, 2.05) is 30.3 Å². The molecule has 0 amide bonds. The second-order valence-electron chi connectivity index (χ2n) is 4.38. The van der Waals surface area contributed by atoms with Crippen LogP contribution >= 0.6 is 11.6 Å². The van der Waals surface area contributed by atoms with Gasteiger partial charge in [0.05, 0.1) is 7.11 Å². The Hall–Kier alpha value is -1.58. The van der Waals surface area contributed by atoms with Crippen LogP contribution in [0.2, 0.25) is 5.02 Å². The fourth-order valence-electron chi connectivity index (χ4n) is 2.15. The van der Waals surface area contributed by atoms with E-state index in [1.165, 1.54) is 5.56 Å². The van der Waals surface area contributed by atoms with E-state index in [1.54, 1.807) is 19.5 Å². The molecule has 1 aromatic heterocycles. The maximum Gasteiger partial charge on any atom is 0.122 e. The summed E-state index contributed by atoms with van der Waals surface area (Å²) < 4.78 is 5.39. The SMILES string of the molecule is COc1ccc(Cl)cc1C(CN)Cc1ccncc1. The van der Waals surface area contributed by atoms with Gasteiger partial charge < -0.3 is 10.5 Å². The maximum absolute atomic E-state index is 6.07. The molecular formula is C15H17ClN2O. The van der Waals surface area contributed by atoms with Crippen molar-refractivity contribution in [1.82, 2.24) is 4.98 Å². The summed E-state index contributed by atoms with van der Waals surface area (Å²) in [4.78, 5) is 4.02. The number of rotatable bonds is 5. The zero-order valence-corrected chi connectivity index (χ0v) is 11.6. The third kappa shape index (κ3) is 3.46. The highest BCUT2D eigenvalue weighted by atomic mass is 35.5. The third-order valence-corrected chi connectivity index (χ3v) is 3.38. The van der Waals surface area contributed by atoms with Crippen molar-refractivity contribution in [2.24, 2.45) is 5.73 Å². The van der Waals surface area contributed by atoms with Gasteiger partial charge in [-0.05, 0) is 48.9 Å². The number of ether oxygens (including phenoxy) is 1. The van der Waals surface area contributed by atoms with E-state index < -0.39 is 0 Å². The molecule has 2 N–H and O–H groups in total. The Kier molecular flexibility index (Phi) is 4.77. The molecular weight excluding hydrogens is 260 g/mol. The molecule has 0 aliphatic rings. The number of methoxy groups -OCH3 is 1. The summed E-state index contributed by atoms with van der Waals surface area (Å²) in [6, 6.07) is 9.63. The van der Waals surface area contributed by atoms with Crippen molar-refractivity contribution >= 4 is 11.6 Å². The second-order valence-corrected chi connectivity index (χ2v) is 4.81. The molecule has 0 spiro atoms. The van der Waals surface area contributed by atoms with Crippen molar-refractivity contribution in [3.8, 4) is 5.75 Å². The first-order chi connectivity index (χ1) is 9.24. The van der Waals surface area contributed by atoms with E-state index >= 15 is 0 Å². The molecule has 0 bridgehead atoms. The number of hydrogen-bond acceptors (Lipinski definition) is 3. The fraction of sp³-hybridized carbons (Fsp3) is 0.267. The number of nitrogens with zero attached hydrogens (tertiary/aromatic N) is 1. The fourth-order valence-corrected chi connectivity index (χ4v) is 2.33. The van der Waals surface area contributed by atoms with Gasteiger partial charge in [-0.15, -0.1) is 0 Å². The monoisotopic (exact) mass is 276 g/mol. The van der Waals surface area contributed by atoms with Gasteiger partial charge >= 0.3 is 0 Å². The van der Waals surface area contributed by atoms with Crippen LogP contribution in [0.5, 0.6) is 5.75 Å². The average Bonchev–Trinajstić information content (AvgIpc) is 2.46. The lowest BCUT2D eigenvalue weighted by Gasteiger charge is -2.18. The number of aromatic nitrogens is 1. The molecule has 1 aromatic carbocycles. The smallest absolute Gasteiger partial charge is 0.122 e. The van der Waals surface area contributed by atoms with Gasteiger partial charge in [0, 0.05) is 28.9 Å². The van der Waals surface area contributed by atoms with E-state index in [-0.39, 0.29) is 5.92 Å². The summed E-state index contributed by atoms with van der Waals surface area (Å²) in [6.07, 6.45) is 4.42. The van der Waals surface area contributed by atoms with Crippen LogP contribution in [0.3, 0.4) is 0 Å². The summed E-state index contributed by atoms with van der Waals surface area (Å²) in [5.41, 5.74) is 8.16. The molecule has 0 saturated heterocycles. The molecule has 0 radical (unpaired) electrons. The first-order valence-corrected chi connectivity index (χ1v) is 6.54. The van der Waals surface area contributed by atoms with Crippen LogP contribution in [0.15, 0.2) is 42.7 Å². The Bertz CT molecular complexity index is 531. The normalized spacial score (nSPS) is 12.2. The van der Waals surface area contributed by atoms with Gasteiger partial charge in [-0.2, -0.15) is 0 Å². The van der Waals surface area contributed by atoms with Gasteiger partial charge in [-0.3, -0.25) is 4.98 Å². The lowest BCUT2D eigenvalue weighted by Crippen LogP contribution is -2.16. The summed E-state index contributed by atoms with van der Waals surface area (Å²) in [5.74, 6) is 1.00. The van der Waals surface area contributed by atoms with E-state index in [0.717, 1.165) is 17.7 Å². The predicted octanol–water partition coefficient (Wildman–Crippen LogP) is 3.03. The molecule has 2 rings (SSSR count). The summed E-state index contributed by atoms with van der Waals surface area (Å²) >= 11 is 6.07. The number of halogens is 1. The Morgan fingerprint density at radius 1 is 1.26 bits per heavy atom. The predicted molar refractivity (Wildman–Crippen MR) is 77.7 cm³/mol. The first kappa shape index (κ1) is 13.8. The van der Waals surface area contributed by atoms with Crippen molar-refractivity contribution in [1.29, 1.82) is 0 Å². The number of nitrogens with two attached hydrogens (primary N) is 1. The van der Waals surface area contributed by atoms with Crippen molar-refractivity contribution < 1.29 is 4.74 Å². The van der Waals surface area contributed by atoms with Crippen LogP contribution in [0.4, 0.5) is 0 Å². The number of hydrogen-bond donors (Lipinski definition) is 1. The van der Waals surface area contributed by atoms with E-state index in [9.17, 15) is 0 Å². The molecule has 1 atom stereocenters. The van der Waals surface area contributed by atoms with Crippen LogP contribution in [-0.4, -0.2) is 18.6 Å². The molecule has 0 saturated carbocycles. The highest BCUT2D eigenvalue weighted by molar-refractivity contribution is 6.30. The molecule has 1 heterocycles. The van der Waals surface area contributed by atoms with Gasteiger partial charge in [0.2, 0.25) is 0 Å². The topological polar surface area (TPSA) is 48.1 Å². The third-order valence-electron chi connectivity index (χ3n) is 3.15. The minimum Gasteiger partial charge on any atom is -0.496 e. The minimum atomic E-state index is 0.177. The van der Waals surface area contributed by atoms with E-state index in [2.05, 4.69) is 4.98 Å². The Labute approximate surface area is 118 Å². The largest absolute Gasteiger partial charge is 0.496 e. The Morgan fingerprint density at radius 3 is 2.63 bits per heavy atom. The van der Waals surface area contributed by atoms with Gasteiger partial charge in [0.15, 0.2) is 0 Å². The van der Waals surface area contributed by atoms with Crippen LogP contribution in [0.1, 0.15) is 17.0 Å². The Morgan fingerprint density at radius 2 is 2.00 bits per heavy atom. The molecule has 0 fully saturated rings. The van der Waals surface area contributed by atoms with Crippen LogP contribution in [-0.2, 0) is 6.42 Å². The van der Waals surface area contributed by atoms with E-state index in [4.69, 9.17) is 22.1 Å². The summed E-state index contributed by atoms with van der Waals surface area (Å²) in [5, 5.41) is 0.698. The minimum absolute atomic E-state index is 0.177. The molecule has 100 valence electrons.